The Morgan fingerprint density at radius 1 is 1.27 bits per heavy atom. The Labute approximate surface area is 154 Å². The Balaban J connectivity index is 1.48. The Bertz CT molecular complexity index is 673. The minimum Gasteiger partial charge on any atom is -0.480 e. The van der Waals surface area contributed by atoms with E-state index in [2.05, 4.69) is 20.5 Å². The third-order valence-electron chi connectivity index (χ3n) is 5.26. The number of carbonyl (C=O) groups is 2. The van der Waals surface area contributed by atoms with Crippen LogP contribution in [-0.4, -0.2) is 52.2 Å². The van der Waals surface area contributed by atoms with Gasteiger partial charge >= 0.3 is 12.0 Å². The van der Waals surface area contributed by atoms with Crippen LogP contribution in [0.25, 0.3) is 0 Å². The number of hydrogen-bond donors (Lipinski definition) is 3. The first-order valence-electron chi connectivity index (χ1n) is 9.30. The number of anilines is 1. The van der Waals surface area contributed by atoms with Crippen molar-refractivity contribution in [3.8, 4) is 0 Å². The van der Waals surface area contributed by atoms with E-state index < -0.39 is 5.97 Å². The van der Waals surface area contributed by atoms with Gasteiger partial charge in [-0.1, -0.05) is 0 Å². The van der Waals surface area contributed by atoms with Gasteiger partial charge in [0.15, 0.2) is 0 Å². The van der Waals surface area contributed by atoms with E-state index in [4.69, 9.17) is 5.11 Å². The van der Waals surface area contributed by atoms with Crippen molar-refractivity contribution in [3.63, 3.8) is 0 Å². The number of carbonyl (C=O) groups excluding carboxylic acids is 1. The van der Waals surface area contributed by atoms with Crippen LogP contribution in [0.4, 0.5) is 10.5 Å². The number of aliphatic carboxylic acids is 1. The number of amides is 2. The van der Waals surface area contributed by atoms with Gasteiger partial charge in [0.2, 0.25) is 0 Å². The monoisotopic (exact) mass is 360 g/mol. The molecule has 2 amide bonds. The van der Waals surface area contributed by atoms with Crippen LogP contribution < -0.4 is 10.6 Å². The first-order valence-corrected chi connectivity index (χ1v) is 9.30. The summed E-state index contributed by atoms with van der Waals surface area (Å²) in [5.41, 5.74) is 3.49. The summed E-state index contributed by atoms with van der Waals surface area (Å²) in [4.78, 5) is 29.8. The largest absolute Gasteiger partial charge is 0.480 e. The summed E-state index contributed by atoms with van der Waals surface area (Å²) in [5.74, 6) is -0.123. The van der Waals surface area contributed by atoms with E-state index in [1.807, 2.05) is 26.8 Å². The minimum absolute atomic E-state index is 0.0908. The number of urea groups is 1. The number of aryl methyl sites for hydroxylation is 3. The van der Waals surface area contributed by atoms with Crippen LogP contribution in [0.1, 0.15) is 42.6 Å². The maximum atomic E-state index is 12.3. The molecular weight excluding hydrogens is 332 g/mol. The molecule has 0 spiro atoms. The topological polar surface area (TPSA) is 94.6 Å². The second kappa shape index (κ2) is 7.61. The van der Waals surface area contributed by atoms with Gasteiger partial charge in [-0.3, -0.25) is 14.7 Å². The maximum absolute atomic E-state index is 12.3. The third-order valence-corrected chi connectivity index (χ3v) is 5.26. The van der Waals surface area contributed by atoms with Crippen LogP contribution >= 0.6 is 0 Å². The highest BCUT2D eigenvalue weighted by Crippen LogP contribution is 2.33. The van der Waals surface area contributed by atoms with Gasteiger partial charge in [0.25, 0.3) is 0 Å². The number of nitrogens with one attached hydrogen (secondary N) is 2. The van der Waals surface area contributed by atoms with E-state index in [1.54, 1.807) is 0 Å². The van der Waals surface area contributed by atoms with Crippen molar-refractivity contribution in [3.05, 3.63) is 23.0 Å². The molecule has 0 bridgehead atoms. The second-order valence-electron chi connectivity index (χ2n) is 7.73. The third kappa shape index (κ3) is 4.72. The Morgan fingerprint density at radius 3 is 2.54 bits per heavy atom. The number of carboxylic acids is 1. The predicted molar refractivity (Wildman–Crippen MR) is 99.3 cm³/mol. The molecule has 2 aliphatic carbocycles. The molecule has 3 rings (SSSR count). The van der Waals surface area contributed by atoms with E-state index >= 15 is 0 Å². The van der Waals surface area contributed by atoms with Gasteiger partial charge in [0.1, 0.15) is 0 Å². The van der Waals surface area contributed by atoms with E-state index in [0.717, 1.165) is 42.0 Å². The molecule has 3 N–H and O–H groups in total. The Kier molecular flexibility index (Phi) is 5.46. The van der Waals surface area contributed by atoms with Crippen LogP contribution in [0.15, 0.2) is 6.07 Å². The highest BCUT2D eigenvalue weighted by atomic mass is 16.4. The molecule has 0 saturated heterocycles. The van der Waals surface area contributed by atoms with Crippen molar-refractivity contribution >= 4 is 17.7 Å². The summed E-state index contributed by atoms with van der Waals surface area (Å²) in [7, 11) is 0. The molecule has 142 valence electrons. The fraction of sp³-hybridized carbons (Fsp3) is 0.632. The van der Waals surface area contributed by atoms with Gasteiger partial charge < -0.3 is 15.7 Å². The summed E-state index contributed by atoms with van der Waals surface area (Å²) in [6.45, 7) is 6.73. The average molecular weight is 360 g/mol. The number of nitrogens with zero attached hydrogens (tertiary/aromatic N) is 2. The van der Waals surface area contributed by atoms with Gasteiger partial charge in [-0.25, -0.2) is 4.79 Å². The molecular formula is C19H28N4O3. The number of pyridine rings is 1. The van der Waals surface area contributed by atoms with Crippen LogP contribution in [0.5, 0.6) is 0 Å². The molecule has 7 nitrogen and oxygen atoms in total. The predicted octanol–water partition coefficient (Wildman–Crippen LogP) is 2.46. The zero-order valence-electron chi connectivity index (χ0n) is 15.7. The highest BCUT2D eigenvalue weighted by Gasteiger charge is 2.37. The molecule has 0 radical (unpaired) electrons. The molecule has 1 aromatic heterocycles. The Hall–Kier alpha value is -2.15. The number of hydrogen-bond acceptors (Lipinski definition) is 4. The maximum Gasteiger partial charge on any atom is 0.319 e. The standard InChI is InChI=1S/C19H28N4O3/c1-11-6-12(2)20-13(3)18(11)22-19(26)21-15-7-16(8-15)23(10-17(24)25)9-14-4-5-14/h6,14-16H,4-5,7-10H2,1-3H3,(H,24,25)(H2,21,22,26). The molecule has 7 heteroatoms. The lowest BCUT2D eigenvalue weighted by molar-refractivity contribution is -0.139. The van der Waals surface area contributed by atoms with Crippen molar-refractivity contribution in [2.45, 2.75) is 58.5 Å². The molecule has 2 aliphatic rings. The molecule has 1 heterocycles. The zero-order chi connectivity index (χ0) is 18.8. The SMILES string of the molecule is Cc1cc(C)c(NC(=O)NC2CC(N(CC(=O)O)CC3CC3)C2)c(C)n1. The number of rotatable bonds is 7. The van der Waals surface area contributed by atoms with E-state index in [-0.39, 0.29) is 24.7 Å². The summed E-state index contributed by atoms with van der Waals surface area (Å²) in [5, 5.41) is 15.0. The van der Waals surface area contributed by atoms with Gasteiger partial charge in [0.05, 0.1) is 17.9 Å². The molecule has 2 saturated carbocycles. The smallest absolute Gasteiger partial charge is 0.319 e. The summed E-state index contributed by atoms with van der Waals surface area (Å²) >= 11 is 0. The summed E-state index contributed by atoms with van der Waals surface area (Å²) in [6, 6.07) is 2.07. The summed E-state index contributed by atoms with van der Waals surface area (Å²) in [6.07, 6.45) is 4.02. The lowest BCUT2D eigenvalue weighted by Crippen LogP contribution is -2.56. The molecule has 1 aromatic rings. The van der Waals surface area contributed by atoms with Crippen LogP contribution in [-0.2, 0) is 4.79 Å². The second-order valence-corrected chi connectivity index (χ2v) is 7.73. The average Bonchev–Trinajstić information content (AvgIpc) is 3.29. The Morgan fingerprint density at radius 2 is 1.96 bits per heavy atom. The normalized spacial score (nSPS) is 22.0. The number of aromatic nitrogens is 1. The van der Waals surface area contributed by atoms with Gasteiger partial charge in [-0.15, -0.1) is 0 Å². The molecule has 0 aromatic carbocycles. The minimum atomic E-state index is -0.780. The lowest BCUT2D eigenvalue weighted by atomic mass is 9.85. The van der Waals surface area contributed by atoms with E-state index in [0.29, 0.717) is 5.92 Å². The van der Waals surface area contributed by atoms with E-state index in [9.17, 15) is 9.59 Å². The van der Waals surface area contributed by atoms with Crippen molar-refractivity contribution in [1.29, 1.82) is 0 Å². The molecule has 0 unspecified atom stereocenters. The zero-order valence-corrected chi connectivity index (χ0v) is 15.7. The van der Waals surface area contributed by atoms with Crippen LogP contribution in [0, 0.1) is 26.7 Å². The van der Waals surface area contributed by atoms with Crippen molar-refractivity contribution in [1.82, 2.24) is 15.2 Å². The fourth-order valence-electron chi connectivity index (χ4n) is 3.70. The molecule has 0 aliphatic heterocycles. The van der Waals surface area contributed by atoms with Crippen molar-refractivity contribution in [2.24, 2.45) is 5.92 Å². The first kappa shape index (κ1) is 18.6. The van der Waals surface area contributed by atoms with Crippen LogP contribution in [0.3, 0.4) is 0 Å². The fourth-order valence-corrected chi connectivity index (χ4v) is 3.70. The lowest BCUT2D eigenvalue weighted by Gasteiger charge is -2.42. The number of carboxylic acid groups (broad SMARTS) is 1. The first-order chi connectivity index (χ1) is 12.3. The van der Waals surface area contributed by atoms with Crippen molar-refractivity contribution in [2.75, 3.05) is 18.4 Å². The molecule has 26 heavy (non-hydrogen) atoms. The highest BCUT2D eigenvalue weighted by molar-refractivity contribution is 5.91. The van der Waals surface area contributed by atoms with Crippen LogP contribution in [0.2, 0.25) is 0 Å². The van der Waals surface area contributed by atoms with Gasteiger partial charge in [-0.2, -0.15) is 0 Å². The van der Waals surface area contributed by atoms with Gasteiger partial charge in [-0.05, 0) is 64.0 Å². The van der Waals surface area contributed by atoms with Crippen molar-refractivity contribution < 1.29 is 14.7 Å². The molecule has 0 atom stereocenters. The summed E-state index contributed by atoms with van der Waals surface area (Å²) < 4.78 is 0. The molecule has 2 fully saturated rings. The van der Waals surface area contributed by atoms with E-state index in [1.165, 1.54) is 12.8 Å². The quantitative estimate of drug-likeness (QED) is 0.694. The van der Waals surface area contributed by atoms with Gasteiger partial charge in [0, 0.05) is 24.3 Å².